The van der Waals surface area contributed by atoms with E-state index in [1.807, 2.05) is 0 Å². The summed E-state index contributed by atoms with van der Waals surface area (Å²) >= 11 is 0. The molecule has 1 aromatic heterocycles. The summed E-state index contributed by atoms with van der Waals surface area (Å²) in [6.45, 7) is 1.65. The van der Waals surface area contributed by atoms with E-state index in [2.05, 4.69) is 5.32 Å². The van der Waals surface area contributed by atoms with Crippen LogP contribution in [0.15, 0.2) is 16.7 Å². The highest BCUT2D eigenvalue weighted by Crippen LogP contribution is 2.09. The van der Waals surface area contributed by atoms with Crippen molar-refractivity contribution in [2.45, 2.75) is 6.54 Å². The molecule has 1 heterocycles. The Bertz CT molecular complexity index is 283. The molecule has 0 aliphatic heterocycles. The summed E-state index contributed by atoms with van der Waals surface area (Å²) in [5, 5.41) is 11.6. The predicted molar refractivity (Wildman–Crippen MR) is 46.4 cm³/mol. The standard InChI is InChI=1S/C8H12N2O3/c9-2-3-10-5-6-1-4-13-7(6)8(11)12/h1,4,10H,2-3,5,9H2,(H,11,12). The van der Waals surface area contributed by atoms with Crippen LogP contribution < -0.4 is 11.1 Å². The van der Waals surface area contributed by atoms with Gasteiger partial charge in [-0.3, -0.25) is 0 Å². The zero-order valence-electron chi connectivity index (χ0n) is 7.12. The van der Waals surface area contributed by atoms with Crippen molar-refractivity contribution in [2.24, 2.45) is 5.73 Å². The molecule has 0 spiro atoms. The Balaban J connectivity index is 2.55. The maximum atomic E-state index is 10.6. The molecule has 0 bridgehead atoms. The van der Waals surface area contributed by atoms with Crippen LogP contribution in [0.25, 0.3) is 0 Å². The zero-order valence-corrected chi connectivity index (χ0v) is 7.12. The van der Waals surface area contributed by atoms with E-state index < -0.39 is 5.97 Å². The molecule has 1 aromatic rings. The van der Waals surface area contributed by atoms with Crippen molar-refractivity contribution in [2.75, 3.05) is 13.1 Å². The average Bonchev–Trinajstić information content (AvgIpc) is 2.53. The first-order chi connectivity index (χ1) is 6.25. The van der Waals surface area contributed by atoms with Gasteiger partial charge in [0.2, 0.25) is 5.76 Å². The van der Waals surface area contributed by atoms with Crippen LogP contribution in [0.5, 0.6) is 0 Å². The van der Waals surface area contributed by atoms with Gasteiger partial charge in [0.05, 0.1) is 6.26 Å². The van der Waals surface area contributed by atoms with Crippen LogP contribution in [-0.4, -0.2) is 24.2 Å². The van der Waals surface area contributed by atoms with E-state index in [0.717, 1.165) is 0 Å². The fourth-order valence-electron chi connectivity index (χ4n) is 0.988. The summed E-state index contributed by atoms with van der Waals surface area (Å²) in [5.41, 5.74) is 5.90. The maximum absolute atomic E-state index is 10.6. The average molecular weight is 184 g/mol. The number of furan rings is 1. The molecule has 13 heavy (non-hydrogen) atoms. The molecule has 72 valence electrons. The third-order valence-corrected chi connectivity index (χ3v) is 1.58. The number of nitrogens with two attached hydrogens (primary N) is 1. The number of hydrogen-bond acceptors (Lipinski definition) is 4. The monoisotopic (exact) mass is 184 g/mol. The van der Waals surface area contributed by atoms with Crippen molar-refractivity contribution in [1.82, 2.24) is 5.32 Å². The Morgan fingerprint density at radius 2 is 2.46 bits per heavy atom. The number of rotatable bonds is 5. The van der Waals surface area contributed by atoms with Gasteiger partial charge in [0, 0.05) is 25.2 Å². The lowest BCUT2D eigenvalue weighted by Gasteiger charge is -2.00. The lowest BCUT2D eigenvalue weighted by molar-refractivity contribution is 0.0660. The number of aromatic carboxylic acids is 1. The molecule has 0 aliphatic carbocycles. The van der Waals surface area contributed by atoms with E-state index in [0.29, 0.717) is 25.2 Å². The van der Waals surface area contributed by atoms with Gasteiger partial charge in [-0.15, -0.1) is 0 Å². The van der Waals surface area contributed by atoms with Crippen LogP contribution in [0.4, 0.5) is 0 Å². The summed E-state index contributed by atoms with van der Waals surface area (Å²) < 4.78 is 4.79. The Morgan fingerprint density at radius 1 is 1.69 bits per heavy atom. The summed E-state index contributed by atoms with van der Waals surface area (Å²) in [7, 11) is 0. The second-order valence-corrected chi connectivity index (χ2v) is 2.55. The first kappa shape index (κ1) is 9.76. The number of carbonyl (C=O) groups is 1. The molecule has 5 nitrogen and oxygen atoms in total. The number of nitrogens with one attached hydrogen (secondary N) is 1. The van der Waals surface area contributed by atoms with Crippen molar-refractivity contribution in [3.05, 3.63) is 23.7 Å². The van der Waals surface area contributed by atoms with E-state index >= 15 is 0 Å². The molecule has 0 amide bonds. The lowest BCUT2D eigenvalue weighted by atomic mass is 10.2. The van der Waals surface area contributed by atoms with Gasteiger partial charge < -0.3 is 20.6 Å². The van der Waals surface area contributed by atoms with E-state index in [4.69, 9.17) is 15.3 Å². The predicted octanol–water partition coefficient (Wildman–Crippen LogP) is 0.0261. The molecule has 1 rings (SSSR count). The Hall–Kier alpha value is -1.33. The normalized spacial score (nSPS) is 10.2. The molecular formula is C8H12N2O3. The van der Waals surface area contributed by atoms with Crippen molar-refractivity contribution in [3.8, 4) is 0 Å². The molecule has 0 atom stereocenters. The van der Waals surface area contributed by atoms with Gasteiger partial charge in [0.1, 0.15) is 0 Å². The van der Waals surface area contributed by atoms with Crippen LogP contribution in [0.1, 0.15) is 16.1 Å². The van der Waals surface area contributed by atoms with Gasteiger partial charge in [-0.1, -0.05) is 0 Å². The van der Waals surface area contributed by atoms with Gasteiger partial charge in [0.15, 0.2) is 0 Å². The molecule has 0 unspecified atom stereocenters. The lowest BCUT2D eigenvalue weighted by Crippen LogP contribution is -2.22. The molecule has 0 aliphatic rings. The van der Waals surface area contributed by atoms with Gasteiger partial charge in [-0.05, 0) is 6.07 Å². The van der Waals surface area contributed by atoms with Crippen LogP contribution in [0.2, 0.25) is 0 Å². The third kappa shape index (κ3) is 2.57. The van der Waals surface area contributed by atoms with Gasteiger partial charge in [-0.2, -0.15) is 0 Å². The third-order valence-electron chi connectivity index (χ3n) is 1.58. The summed E-state index contributed by atoms with van der Waals surface area (Å²) in [5.74, 6) is -1.06. The van der Waals surface area contributed by atoms with Crippen molar-refractivity contribution in [3.63, 3.8) is 0 Å². The largest absolute Gasteiger partial charge is 0.475 e. The van der Waals surface area contributed by atoms with E-state index in [-0.39, 0.29) is 5.76 Å². The highest BCUT2D eigenvalue weighted by atomic mass is 16.4. The zero-order chi connectivity index (χ0) is 9.68. The smallest absolute Gasteiger partial charge is 0.372 e. The second-order valence-electron chi connectivity index (χ2n) is 2.55. The van der Waals surface area contributed by atoms with Gasteiger partial charge in [-0.25, -0.2) is 4.79 Å². The molecule has 0 fully saturated rings. The van der Waals surface area contributed by atoms with E-state index in [9.17, 15) is 4.79 Å². The van der Waals surface area contributed by atoms with Crippen molar-refractivity contribution < 1.29 is 14.3 Å². The quantitative estimate of drug-likeness (QED) is 0.562. The fourth-order valence-corrected chi connectivity index (χ4v) is 0.988. The second kappa shape index (κ2) is 4.64. The molecule has 0 saturated carbocycles. The maximum Gasteiger partial charge on any atom is 0.372 e. The van der Waals surface area contributed by atoms with E-state index in [1.54, 1.807) is 6.07 Å². The first-order valence-electron chi connectivity index (χ1n) is 3.96. The molecule has 0 aromatic carbocycles. The minimum atomic E-state index is -1.05. The van der Waals surface area contributed by atoms with Crippen molar-refractivity contribution >= 4 is 5.97 Å². The molecule has 4 N–H and O–H groups in total. The molecular weight excluding hydrogens is 172 g/mol. The summed E-state index contributed by atoms with van der Waals surface area (Å²) in [6.07, 6.45) is 1.36. The van der Waals surface area contributed by atoms with Crippen molar-refractivity contribution in [1.29, 1.82) is 0 Å². The van der Waals surface area contributed by atoms with Gasteiger partial charge >= 0.3 is 5.97 Å². The highest BCUT2D eigenvalue weighted by molar-refractivity contribution is 5.86. The SMILES string of the molecule is NCCNCc1ccoc1C(=O)O. The first-order valence-corrected chi connectivity index (χ1v) is 3.96. The van der Waals surface area contributed by atoms with Gasteiger partial charge in [0.25, 0.3) is 0 Å². The summed E-state index contributed by atoms with van der Waals surface area (Å²) in [4.78, 5) is 10.6. The Morgan fingerprint density at radius 3 is 3.08 bits per heavy atom. The van der Waals surface area contributed by atoms with Crippen LogP contribution in [0.3, 0.4) is 0 Å². The molecule has 0 saturated heterocycles. The van der Waals surface area contributed by atoms with E-state index in [1.165, 1.54) is 6.26 Å². The number of carboxylic acid groups (broad SMARTS) is 1. The van der Waals surface area contributed by atoms with Crippen LogP contribution in [0, 0.1) is 0 Å². The number of hydrogen-bond donors (Lipinski definition) is 3. The Kier molecular flexibility index (Phi) is 3.48. The highest BCUT2D eigenvalue weighted by Gasteiger charge is 2.12. The van der Waals surface area contributed by atoms with Crippen LogP contribution >= 0.6 is 0 Å². The molecule has 0 radical (unpaired) electrons. The minimum Gasteiger partial charge on any atom is -0.475 e. The summed E-state index contributed by atoms with van der Waals surface area (Å²) in [6, 6.07) is 1.63. The Labute approximate surface area is 75.5 Å². The van der Waals surface area contributed by atoms with Crippen LogP contribution in [-0.2, 0) is 6.54 Å². The topological polar surface area (TPSA) is 88.5 Å². The fraction of sp³-hybridized carbons (Fsp3) is 0.375. The number of carboxylic acids is 1. The molecule has 5 heteroatoms. The minimum absolute atomic E-state index is 0.00970.